The fraction of sp³-hybridized carbons (Fsp3) is 0.571. The van der Waals surface area contributed by atoms with Gasteiger partial charge >= 0.3 is 0 Å². The highest BCUT2D eigenvalue weighted by molar-refractivity contribution is 7.89. The Hall–Kier alpha value is -1.11. The Balaban J connectivity index is 2.35. The predicted molar refractivity (Wildman–Crippen MR) is 81.4 cm³/mol. The molecule has 0 fully saturated rings. The van der Waals surface area contributed by atoms with Gasteiger partial charge in [0, 0.05) is 6.54 Å². The molecule has 0 saturated carbocycles. The molecule has 6 heteroatoms. The van der Waals surface area contributed by atoms with Crippen molar-refractivity contribution in [2.24, 2.45) is 0 Å². The third-order valence-electron chi connectivity index (χ3n) is 2.82. The van der Waals surface area contributed by atoms with Crippen molar-refractivity contribution in [3.63, 3.8) is 0 Å². The molecule has 2 N–H and O–H groups in total. The van der Waals surface area contributed by atoms with Gasteiger partial charge in [0.15, 0.2) is 0 Å². The third kappa shape index (κ3) is 6.88. The second kappa shape index (κ2) is 8.94. The van der Waals surface area contributed by atoms with Crippen molar-refractivity contribution in [3.8, 4) is 5.75 Å². The highest BCUT2D eigenvalue weighted by Crippen LogP contribution is 2.12. The molecule has 0 aliphatic rings. The largest absolute Gasteiger partial charge is 0.497 e. The van der Waals surface area contributed by atoms with Crippen molar-refractivity contribution < 1.29 is 13.2 Å². The maximum absolute atomic E-state index is 11.8. The van der Waals surface area contributed by atoms with Crippen LogP contribution in [-0.4, -0.2) is 34.4 Å². The Morgan fingerprint density at radius 3 is 2.75 bits per heavy atom. The number of ether oxygens (including phenoxy) is 1. The number of hydrogen-bond donors (Lipinski definition) is 2. The van der Waals surface area contributed by atoms with Crippen molar-refractivity contribution in [2.45, 2.75) is 26.3 Å². The summed E-state index contributed by atoms with van der Waals surface area (Å²) in [7, 11) is -1.63. The molecule has 0 amide bonds. The highest BCUT2D eigenvalue weighted by atomic mass is 32.2. The lowest BCUT2D eigenvalue weighted by Crippen LogP contribution is -2.28. The zero-order chi connectivity index (χ0) is 14.8. The van der Waals surface area contributed by atoms with E-state index in [1.165, 1.54) is 0 Å². The fourth-order valence-corrected chi connectivity index (χ4v) is 2.79. The van der Waals surface area contributed by atoms with Crippen LogP contribution < -0.4 is 14.8 Å². The molecule has 0 unspecified atom stereocenters. The van der Waals surface area contributed by atoms with Crippen LogP contribution in [0, 0.1) is 0 Å². The first-order chi connectivity index (χ1) is 9.57. The van der Waals surface area contributed by atoms with E-state index < -0.39 is 10.0 Å². The molecule has 0 radical (unpaired) electrons. The smallest absolute Gasteiger partial charge is 0.211 e. The van der Waals surface area contributed by atoms with Gasteiger partial charge in [0.05, 0.1) is 12.9 Å². The summed E-state index contributed by atoms with van der Waals surface area (Å²) in [5, 5.41) is 3.19. The number of rotatable bonds is 10. The highest BCUT2D eigenvalue weighted by Gasteiger charge is 2.09. The lowest BCUT2D eigenvalue weighted by molar-refractivity contribution is 0.414. The average Bonchev–Trinajstić information content (AvgIpc) is 2.45. The van der Waals surface area contributed by atoms with Gasteiger partial charge in [-0.1, -0.05) is 19.1 Å². The van der Waals surface area contributed by atoms with Crippen LogP contribution in [0.5, 0.6) is 5.75 Å². The summed E-state index contributed by atoms with van der Waals surface area (Å²) in [5.41, 5.74) is 0.886. The van der Waals surface area contributed by atoms with E-state index >= 15 is 0 Å². The maximum Gasteiger partial charge on any atom is 0.211 e. The number of benzene rings is 1. The standard InChI is InChI=1S/C14H24N2O3S/c1-3-8-15-9-5-10-20(17,18)16-12-13-6-4-7-14(11-13)19-2/h4,6-7,11,15-16H,3,5,8-10,12H2,1-2H3. The van der Waals surface area contributed by atoms with Gasteiger partial charge in [0.1, 0.15) is 5.75 Å². The van der Waals surface area contributed by atoms with Crippen molar-refractivity contribution in [1.29, 1.82) is 0 Å². The molecule has 0 atom stereocenters. The molecule has 1 aromatic carbocycles. The Morgan fingerprint density at radius 2 is 2.05 bits per heavy atom. The van der Waals surface area contributed by atoms with E-state index in [-0.39, 0.29) is 5.75 Å². The molecule has 0 saturated heterocycles. The van der Waals surface area contributed by atoms with Gasteiger partial charge in [0.25, 0.3) is 0 Å². The molecule has 0 bridgehead atoms. The van der Waals surface area contributed by atoms with Crippen molar-refractivity contribution in [3.05, 3.63) is 29.8 Å². The Kier molecular flexibility index (Phi) is 7.58. The molecule has 114 valence electrons. The summed E-state index contributed by atoms with van der Waals surface area (Å²) < 4.78 is 31.4. The van der Waals surface area contributed by atoms with E-state index in [0.29, 0.717) is 13.0 Å². The van der Waals surface area contributed by atoms with Crippen LogP contribution >= 0.6 is 0 Å². The summed E-state index contributed by atoms with van der Waals surface area (Å²) in [4.78, 5) is 0. The summed E-state index contributed by atoms with van der Waals surface area (Å²) in [5.74, 6) is 0.874. The van der Waals surface area contributed by atoms with Crippen LogP contribution in [0.1, 0.15) is 25.3 Å². The van der Waals surface area contributed by atoms with Gasteiger partial charge < -0.3 is 10.1 Å². The summed E-state index contributed by atoms with van der Waals surface area (Å²) in [6.07, 6.45) is 1.67. The molecule has 1 aromatic rings. The molecule has 0 heterocycles. The summed E-state index contributed by atoms with van der Waals surface area (Å²) in [6.45, 7) is 4.03. The summed E-state index contributed by atoms with van der Waals surface area (Å²) >= 11 is 0. The van der Waals surface area contributed by atoms with Crippen LogP contribution in [0.4, 0.5) is 0 Å². The zero-order valence-corrected chi connectivity index (χ0v) is 13.0. The molecule has 1 rings (SSSR count). The molecular formula is C14H24N2O3S. The Morgan fingerprint density at radius 1 is 1.25 bits per heavy atom. The Bertz CT molecular complexity index is 489. The zero-order valence-electron chi connectivity index (χ0n) is 12.2. The average molecular weight is 300 g/mol. The minimum Gasteiger partial charge on any atom is -0.497 e. The van der Waals surface area contributed by atoms with E-state index in [2.05, 4.69) is 17.0 Å². The first-order valence-electron chi connectivity index (χ1n) is 6.88. The van der Waals surface area contributed by atoms with Gasteiger partial charge in [-0.25, -0.2) is 13.1 Å². The Labute approximate surface area is 121 Å². The van der Waals surface area contributed by atoms with Gasteiger partial charge in [0.2, 0.25) is 10.0 Å². The summed E-state index contributed by atoms with van der Waals surface area (Å²) in [6, 6.07) is 7.37. The minimum atomic E-state index is -3.22. The van der Waals surface area contributed by atoms with E-state index in [9.17, 15) is 8.42 Å². The second-order valence-corrected chi connectivity index (χ2v) is 6.52. The number of hydrogen-bond acceptors (Lipinski definition) is 4. The van der Waals surface area contributed by atoms with E-state index in [1.807, 2.05) is 24.3 Å². The van der Waals surface area contributed by atoms with Crippen molar-refractivity contribution >= 4 is 10.0 Å². The topological polar surface area (TPSA) is 67.4 Å². The predicted octanol–water partition coefficient (Wildman–Crippen LogP) is 1.50. The van der Waals surface area contributed by atoms with Gasteiger partial charge in [-0.3, -0.25) is 0 Å². The molecule has 0 aliphatic heterocycles. The second-order valence-electron chi connectivity index (χ2n) is 4.60. The molecule has 0 spiro atoms. The lowest BCUT2D eigenvalue weighted by Gasteiger charge is -2.08. The molecule has 20 heavy (non-hydrogen) atoms. The lowest BCUT2D eigenvalue weighted by atomic mass is 10.2. The van der Waals surface area contributed by atoms with Crippen molar-refractivity contribution in [2.75, 3.05) is 26.0 Å². The maximum atomic E-state index is 11.8. The van der Waals surface area contributed by atoms with E-state index in [4.69, 9.17) is 4.74 Å². The van der Waals surface area contributed by atoms with Crippen LogP contribution in [0.3, 0.4) is 0 Å². The SMILES string of the molecule is CCCNCCCS(=O)(=O)NCc1cccc(OC)c1. The van der Waals surface area contributed by atoms with Crippen LogP contribution in [0.25, 0.3) is 0 Å². The molecule has 0 aliphatic carbocycles. The number of methoxy groups -OCH3 is 1. The monoisotopic (exact) mass is 300 g/mol. The first-order valence-corrected chi connectivity index (χ1v) is 8.53. The minimum absolute atomic E-state index is 0.147. The van der Waals surface area contributed by atoms with Gasteiger partial charge in [-0.2, -0.15) is 0 Å². The van der Waals surface area contributed by atoms with Crippen molar-refractivity contribution in [1.82, 2.24) is 10.0 Å². The van der Waals surface area contributed by atoms with Gasteiger partial charge in [-0.05, 0) is 43.6 Å². The van der Waals surface area contributed by atoms with Gasteiger partial charge in [-0.15, -0.1) is 0 Å². The normalized spacial score (nSPS) is 11.5. The third-order valence-corrected chi connectivity index (χ3v) is 4.23. The number of nitrogens with one attached hydrogen (secondary N) is 2. The fourth-order valence-electron chi connectivity index (χ4n) is 1.74. The molecular weight excluding hydrogens is 276 g/mol. The molecule has 0 aromatic heterocycles. The van der Waals surface area contributed by atoms with Crippen LogP contribution in [-0.2, 0) is 16.6 Å². The van der Waals surface area contributed by atoms with Crippen LogP contribution in [0.2, 0.25) is 0 Å². The van der Waals surface area contributed by atoms with Crippen LogP contribution in [0.15, 0.2) is 24.3 Å². The number of sulfonamides is 1. The van der Waals surface area contributed by atoms with E-state index in [1.54, 1.807) is 7.11 Å². The first kappa shape index (κ1) is 16.9. The molecule has 5 nitrogen and oxygen atoms in total. The quantitative estimate of drug-likeness (QED) is 0.643. The van der Waals surface area contributed by atoms with E-state index in [0.717, 1.165) is 30.8 Å².